The number of hydrogen-bond acceptors (Lipinski definition) is 4. The summed E-state index contributed by atoms with van der Waals surface area (Å²) in [7, 11) is 1.61. The number of carbonyl (C=O) groups is 1. The molecule has 0 aliphatic rings. The number of amides is 1. The summed E-state index contributed by atoms with van der Waals surface area (Å²) >= 11 is 0. The van der Waals surface area contributed by atoms with Crippen LogP contribution in [0.1, 0.15) is 6.92 Å². The van der Waals surface area contributed by atoms with Gasteiger partial charge in [0.05, 0.1) is 18.1 Å². The van der Waals surface area contributed by atoms with E-state index >= 15 is 0 Å². The minimum absolute atomic E-state index is 0.131. The van der Waals surface area contributed by atoms with Crippen LogP contribution in [0, 0.1) is 0 Å². The second kappa shape index (κ2) is 5.77. The molecule has 1 heterocycles. The molecule has 1 amide bonds. The van der Waals surface area contributed by atoms with Gasteiger partial charge < -0.3 is 19.8 Å². The number of imidazole rings is 1. The zero-order valence-electron chi connectivity index (χ0n) is 12.2. The molecule has 0 saturated heterocycles. The summed E-state index contributed by atoms with van der Waals surface area (Å²) in [5.41, 5.74) is 2.28. The van der Waals surface area contributed by atoms with E-state index in [9.17, 15) is 4.79 Å². The molecular formula is C16H15N3O3. The largest absolute Gasteiger partial charge is 0.497 e. The number of fused-ring (bicyclic) bond motifs is 1. The van der Waals surface area contributed by atoms with Crippen molar-refractivity contribution >= 4 is 22.6 Å². The van der Waals surface area contributed by atoms with Crippen LogP contribution in [-0.4, -0.2) is 23.0 Å². The van der Waals surface area contributed by atoms with Crippen molar-refractivity contribution in [1.82, 2.24) is 9.97 Å². The molecular weight excluding hydrogens is 282 g/mol. The Morgan fingerprint density at radius 1 is 1.18 bits per heavy atom. The Balaban J connectivity index is 1.85. The molecule has 0 unspecified atom stereocenters. The highest BCUT2D eigenvalue weighted by molar-refractivity contribution is 5.88. The first-order chi connectivity index (χ1) is 10.6. The molecule has 3 rings (SSSR count). The van der Waals surface area contributed by atoms with Crippen molar-refractivity contribution in [3.05, 3.63) is 42.5 Å². The molecule has 0 aliphatic carbocycles. The average Bonchev–Trinajstić information content (AvgIpc) is 2.87. The molecule has 3 aromatic rings. The average molecular weight is 297 g/mol. The number of rotatable bonds is 4. The molecule has 0 fully saturated rings. The van der Waals surface area contributed by atoms with Gasteiger partial charge in [0.15, 0.2) is 0 Å². The maximum absolute atomic E-state index is 11.1. The molecule has 0 spiro atoms. The van der Waals surface area contributed by atoms with E-state index < -0.39 is 0 Å². The minimum atomic E-state index is -0.131. The Labute approximate surface area is 127 Å². The number of anilines is 1. The van der Waals surface area contributed by atoms with Gasteiger partial charge in [0.1, 0.15) is 11.5 Å². The molecule has 0 radical (unpaired) electrons. The number of aromatic amines is 1. The van der Waals surface area contributed by atoms with E-state index in [4.69, 9.17) is 9.47 Å². The van der Waals surface area contributed by atoms with Crippen molar-refractivity contribution in [2.45, 2.75) is 6.92 Å². The van der Waals surface area contributed by atoms with Crippen LogP contribution in [-0.2, 0) is 4.79 Å². The molecule has 22 heavy (non-hydrogen) atoms. The third-order valence-corrected chi connectivity index (χ3v) is 3.04. The van der Waals surface area contributed by atoms with Crippen LogP contribution in [0.15, 0.2) is 42.5 Å². The predicted octanol–water partition coefficient (Wildman–Crippen LogP) is 3.32. The molecule has 112 valence electrons. The first kappa shape index (κ1) is 13.9. The highest BCUT2D eigenvalue weighted by Gasteiger charge is 2.07. The molecule has 2 aromatic carbocycles. The Morgan fingerprint density at radius 3 is 2.82 bits per heavy atom. The third-order valence-electron chi connectivity index (χ3n) is 3.04. The number of nitrogens with zero attached hydrogens (tertiary/aromatic N) is 1. The van der Waals surface area contributed by atoms with Gasteiger partial charge in [-0.3, -0.25) is 4.79 Å². The molecule has 2 N–H and O–H groups in total. The Morgan fingerprint density at radius 2 is 2.05 bits per heavy atom. The number of carbonyl (C=O) groups excluding carboxylic acids is 1. The summed E-state index contributed by atoms with van der Waals surface area (Å²) in [5.74, 6) is 1.20. The summed E-state index contributed by atoms with van der Waals surface area (Å²) in [5, 5.41) is 2.71. The lowest BCUT2D eigenvalue weighted by atomic mass is 10.3. The van der Waals surface area contributed by atoms with Crippen molar-refractivity contribution in [2.24, 2.45) is 0 Å². The van der Waals surface area contributed by atoms with E-state index in [1.54, 1.807) is 31.4 Å². The summed E-state index contributed by atoms with van der Waals surface area (Å²) in [4.78, 5) is 18.5. The Bertz CT molecular complexity index is 826. The summed E-state index contributed by atoms with van der Waals surface area (Å²) in [6, 6.07) is 13.0. The molecule has 6 nitrogen and oxygen atoms in total. The van der Waals surface area contributed by atoms with Crippen molar-refractivity contribution in [3.63, 3.8) is 0 Å². The van der Waals surface area contributed by atoms with Gasteiger partial charge in [-0.15, -0.1) is 0 Å². The fourth-order valence-corrected chi connectivity index (χ4v) is 2.09. The SMILES string of the molecule is COc1ccc2nc(Oc3cccc(NC(C)=O)c3)[nH]c2c1. The number of benzene rings is 2. The van der Waals surface area contributed by atoms with E-state index in [-0.39, 0.29) is 5.91 Å². The van der Waals surface area contributed by atoms with Gasteiger partial charge in [-0.25, -0.2) is 0 Å². The van der Waals surface area contributed by atoms with Gasteiger partial charge in [-0.05, 0) is 24.3 Å². The second-order valence-corrected chi connectivity index (χ2v) is 4.74. The number of methoxy groups -OCH3 is 1. The van der Waals surface area contributed by atoms with Crippen molar-refractivity contribution in [1.29, 1.82) is 0 Å². The smallest absolute Gasteiger partial charge is 0.300 e. The molecule has 0 bridgehead atoms. The van der Waals surface area contributed by atoms with Crippen LogP contribution >= 0.6 is 0 Å². The maximum atomic E-state index is 11.1. The standard InChI is InChI=1S/C16H15N3O3/c1-10(20)17-11-4-3-5-13(8-11)22-16-18-14-7-6-12(21-2)9-15(14)19-16/h3-9H,1-2H3,(H,17,20)(H,18,19). The molecule has 0 aliphatic heterocycles. The predicted molar refractivity (Wildman–Crippen MR) is 83.5 cm³/mol. The molecule has 0 atom stereocenters. The van der Waals surface area contributed by atoms with Crippen LogP contribution < -0.4 is 14.8 Å². The maximum Gasteiger partial charge on any atom is 0.300 e. The lowest BCUT2D eigenvalue weighted by molar-refractivity contribution is -0.114. The van der Waals surface area contributed by atoms with Gasteiger partial charge in [0.2, 0.25) is 5.91 Å². The lowest BCUT2D eigenvalue weighted by Crippen LogP contribution is -2.05. The van der Waals surface area contributed by atoms with Crippen LogP contribution in [0.25, 0.3) is 11.0 Å². The van der Waals surface area contributed by atoms with E-state index in [1.165, 1.54) is 6.92 Å². The highest BCUT2D eigenvalue weighted by atomic mass is 16.5. The summed E-state index contributed by atoms with van der Waals surface area (Å²) in [6.07, 6.45) is 0. The molecule has 0 saturated carbocycles. The van der Waals surface area contributed by atoms with Crippen LogP contribution in [0.5, 0.6) is 17.5 Å². The fourth-order valence-electron chi connectivity index (χ4n) is 2.09. The fraction of sp³-hybridized carbons (Fsp3) is 0.125. The first-order valence-electron chi connectivity index (χ1n) is 6.73. The van der Waals surface area contributed by atoms with Gasteiger partial charge in [-0.2, -0.15) is 4.98 Å². The van der Waals surface area contributed by atoms with E-state index in [2.05, 4.69) is 15.3 Å². The number of nitrogens with one attached hydrogen (secondary N) is 2. The van der Waals surface area contributed by atoms with Crippen molar-refractivity contribution in [3.8, 4) is 17.5 Å². The van der Waals surface area contributed by atoms with Crippen LogP contribution in [0.4, 0.5) is 5.69 Å². The van der Waals surface area contributed by atoms with Crippen LogP contribution in [0.2, 0.25) is 0 Å². The zero-order chi connectivity index (χ0) is 15.5. The van der Waals surface area contributed by atoms with E-state index in [1.807, 2.05) is 18.2 Å². The van der Waals surface area contributed by atoms with E-state index in [0.29, 0.717) is 17.4 Å². The van der Waals surface area contributed by atoms with Gasteiger partial charge in [0, 0.05) is 24.7 Å². The zero-order valence-corrected chi connectivity index (χ0v) is 12.2. The Kier molecular flexibility index (Phi) is 3.65. The van der Waals surface area contributed by atoms with E-state index in [0.717, 1.165) is 16.8 Å². The topological polar surface area (TPSA) is 76.2 Å². The third kappa shape index (κ3) is 3.01. The van der Waals surface area contributed by atoms with Gasteiger partial charge in [-0.1, -0.05) is 6.07 Å². The minimum Gasteiger partial charge on any atom is -0.497 e. The van der Waals surface area contributed by atoms with Crippen molar-refractivity contribution in [2.75, 3.05) is 12.4 Å². The van der Waals surface area contributed by atoms with Gasteiger partial charge >= 0.3 is 0 Å². The first-order valence-corrected chi connectivity index (χ1v) is 6.73. The Hall–Kier alpha value is -3.02. The number of aromatic nitrogens is 2. The lowest BCUT2D eigenvalue weighted by Gasteiger charge is -2.05. The quantitative estimate of drug-likeness (QED) is 0.774. The normalized spacial score (nSPS) is 10.5. The number of hydrogen-bond donors (Lipinski definition) is 2. The second-order valence-electron chi connectivity index (χ2n) is 4.74. The molecule has 6 heteroatoms. The monoisotopic (exact) mass is 297 g/mol. The van der Waals surface area contributed by atoms with Crippen LogP contribution in [0.3, 0.4) is 0 Å². The molecule has 1 aromatic heterocycles. The highest BCUT2D eigenvalue weighted by Crippen LogP contribution is 2.26. The summed E-state index contributed by atoms with van der Waals surface area (Å²) < 4.78 is 10.9. The van der Waals surface area contributed by atoms with Crippen molar-refractivity contribution < 1.29 is 14.3 Å². The number of H-pyrrole nitrogens is 1. The van der Waals surface area contributed by atoms with Gasteiger partial charge in [0.25, 0.3) is 6.01 Å². The number of ether oxygens (including phenoxy) is 2. The summed E-state index contributed by atoms with van der Waals surface area (Å²) in [6.45, 7) is 1.46.